The third kappa shape index (κ3) is 3.65. The van der Waals surface area contributed by atoms with Gasteiger partial charge in [-0.05, 0) is 25.2 Å². The van der Waals surface area contributed by atoms with Gasteiger partial charge in [0.2, 0.25) is 0 Å². The summed E-state index contributed by atoms with van der Waals surface area (Å²) in [5.74, 6) is 1.31. The summed E-state index contributed by atoms with van der Waals surface area (Å²) in [4.78, 5) is 11.5. The second-order valence-electron chi connectivity index (χ2n) is 4.48. The van der Waals surface area contributed by atoms with Crippen molar-refractivity contribution in [1.29, 1.82) is 0 Å². The lowest BCUT2D eigenvalue weighted by Gasteiger charge is -2.22. The van der Waals surface area contributed by atoms with Crippen LogP contribution < -0.4 is 0 Å². The van der Waals surface area contributed by atoms with Crippen LogP contribution in [0.2, 0.25) is 0 Å². The summed E-state index contributed by atoms with van der Waals surface area (Å²) in [7, 11) is 0. The van der Waals surface area contributed by atoms with Gasteiger partial charge in [0.05, 0.1) is 0 Å². The number of rotatable bonds is 4. The van der Waals surface area contributed by atoms with E-state index in [0.717, 1.165) is 12.8 Å². The highest BCUT2D eigenvalue weighted by molar-refractivity contribution is 5.81. The molecule has 0 heterocycles. The van der Waals surface area contributed by atoms with Crippen molar-refractivity contribution in [2.45, 2.75) is 52.4 Å². The Morgan fingerprint density at radius 3 is 2.86 bits per heavy atom. The third-order valence-corrected chi connectivity index (χ3v) is 3.12. The lowest BCUT2D eigenvalue weighted by Crippen LogP contribution is -2.21. The molecule has 0 amide bonds. The molecule has 1 fully saturated rings. The molecular weight excluding hydrogens is 172 g/mol. The number of allylic oxidation sites excluding steroid dienone is 2. The molecule has 1 aliphatic carbocycles. The van der Waals surface area contributed by atoms with Crippen LogP contribution in [-0.2, 0) is 4.79 Å². The number of hydrogen-bond donors (Lipinski definition) is 0. The molecule has 0 bridgehead atoms. The average molecular weight is 194 g/mol. The van der Waals surface area contributed by atoms with Gasteiger partial charge < -0.3 is 0 Å². The molecule has 0 aromatic carbocycles. The first-order valence-corrected chi connectivity index (χ1v) is 5.93. The molecule has 80 valence electrons. The Balaban J connectivity index is 2.25. The normalized spacial score (nSPS) is 28.6. The van der Waals surface area contributed by atoms with Crippen LogP contribution in [-0.4, -0.2) is 5.78 Å². The minimum atomic E-state index is 0.315. The Labute approximate surface area is 87.6 Å². The molecule has 0 aromatic heterocycles. The Morgan fingerprint density at radius 2 is 2.21 bits per heavy atom. The van der Waals surface area contributed by atoms with Crippen LogP contribution in [0.5, 0.6) is 0 Å². The fourth-order valence-electron chi connectivity index (χ4n) is 1.96. The maximum Gasteiger partial charge on any atom is 0.136 e. The first-order valence-electron chi connectivity index (χ1n) is 5.93. The lowest BCUT2D eigenvalue weighted by molar-refractivity contribution is -0.124. The Morgan fingerprint density at radius 1 is 1.43 bits per heavy atom. The number of Topliss-reactive ketones (excluding diaryl/α,β-unsaturated/α-hetero) is 1. The lowest BCUT2D eigenvalue weighted by atomic mass is 9.82. The zero-order valence-corrected chi connectivity index (χ0v) is 9.46. The van der Waals surface area contributed by atoms with Crippen LogP contribution >= 0.6 is 0 Å². The molecule has 1 nitrogen and oxygen atoms in total. The van der Waals surface area contributed by atoms with E-state index < -0.39 is 0 Å². The zero-order chi connectivity index (χ0) is 10.4. The topological polar surface area (TPSA) is 17.1 Å². The highest BCUT2D eigenvalue weighted by Gasteiger charge is 2.23. The minimum absolute atomic E-state index is 0.315. The molecule has 0 saturated heterocycles. The molecule has 0 unspecified atom stereocenters. The van der Waals surface area contributed by atoms with Crippen LogP contribution in [0.25, 0.3) is 0 Å². The molecule has 0 aromatic rings. The summed E-state index contributed by atoms with van der Waals surface area (Å²) >= 11 is 0. The second-order valence-corrected chi connectivity index (χ2v) is 4.48. The fourth-order valence-corrected chi connectivity index (χ4v) is 1.96. The van der Waals surface area contributed by atoms with Gasteiger partial charge in [0, 0.05) is 12.3 Å². The van der Waals surface area contributed by atoms with Crippen molar-refractivity contribution in [2.75, 3.05) is 0 Å². The van der Waals surface area contributed by atoms with Crippen LogP contribution in [0, 0.1) is 11.8 Å². The predicted molar refractivity (Wildman–Crippen MR) is 60.2 cm³/mol. The number of hydrogen-bond acceptors (Lipinski definition) is 1. The van der Waals surface area contributed by atoms with Gasteiger partial charge in [-0.3, -0.25) is 4.79 Å². The number of carbonyl (C=O) groups excluding carboxylic acids is 1. The van der Waals surface area contributed by atoms with Crippen LogP contribution in [0.15, 0.2) is 12.2 Å². The fraction of sp³-hybridized carbons (Fsp3) is 0.769. The van der Waals surface area contributed by atoms with E-state index in [4.69, 9.17) is 0 Å². The van der Waals surface area contributed by atoms with Crippen LogP contribution in [0.4, 0.5) is 0 Å². The maximum absolute atomic E-state index is 11.5. The summed E-state index contributed by atoms with van der Waals surface area (Å²) in [5.41, 5.74) is 0. The molecule has 2 atom stereocenters. The van der Waals surface area contributed by atoms with Gasteiger partial charge in [0.15, 0.2) is 0 Å². The van der Waals surface area contributed by atoms with Crippen LogP contribution in [0.3, 0.4) is 0 Å². The molecule has 0 N–H and O–H groups in total. The van der Waals surface area contributed by atoms with Crippen molar-refractivity contribution in [1.82, 2.24) is 0 Å². The highest BCUT2D eigenvalue weighted by atomic mass is 16.1. The molecule has 0 radical (unpaired) electrons. The number of carbonyl (C=O) groups is 1. The van der Waals surface area contributed by atoms with Crippen molar-refractivity contribution in [3.63, 3.8) is 0 Å². The highest BCUT2D eigenvalue weighted by Crippen LogP contribution is 2.26. The van der Waals surface area contributed by atoms with E-state index in [1.54, 1.807) is 0 Å². The molecule has 0 aliphatic heterocycles. The van der Waals surface area contributed by atoms with Gasteiger partial charge in [-0.15, -0.1) is 0 Å². The van der Waals surface area contributed by atoms with Crippen molar-refractivity contribution >= 4 is 5.78 Å². The predicted octanol–water partition coefficient (Wildman–Crippen LogP) is 3.74. The average Bonchev–Trinajstić information content (AvgIpc) is 2.18. The summed E-state index contributed by atoms with van der Waals surface area (Å²) in [6.07, 6.45) is 11.3. The molecule has 0 spiro atoms. The van der Waals surface area contributed by atoms with Gasteiger partial charge >= 0.3 is 0 Å². The standard InChI is InChI=1S/C13H22O/c1-3-4-5-6-7-12-9-8-11(2)13(14)10-12/h6-7,11-12H,3-5,8-10H2,1-2H3/b7-6+/t11-,12-/m1/s1. The van der Waals surface area contributed by atoms with E-state index in [1.165, 1.54) is 25.7 Å². The van der Waals surface area contributed by atoms with E-state index in [1.807, 2.05) is 0 Å². The number of ketones is 1. The second kappa shape index (κ2) is 6.00. The third-order valence-electron chi connectivity index (χ3n) is 3.12. The van der Waals surface area contributed by atoms with Crippen molar-refractivity contribution in [2.24, 2.45) is 11.8 Å². The Hall–Kier alpha value is -0.590. The van der Waals surface area contributed by atoms with Gasteiger partial charge in [-0.1, -0.05) is 38.8 Å². The van der Waals surface area contributed by atoms with E-state index in [2.05, 4.69) is 26.0 Å². The van der Waals surface area contributed by atoms with Gasteiger partial charge in [0.1, 0.15) is 5.78 Å². The number of unbranched alkanes of at least 4 members (excludes halogenated alkanes) is 2. The molecule has 1 aliphatic rings. The largest absolute Gasteiger partial charge is 0.299 e. The minimum Gasteiger partial charge on any atom is -0.299 e. The Kier molecular flexibility index (Phi) is 4.92. The van der Waals surface area contributed by atoms with E-state index in [-0.39, 0.29) is 0 Å². The Bertz CT molecular complexity index is 205. The van der Waals surface area contributed by atoms with Gasteiger partial charge in [-0.25, -0.2) is 0 Å². The quantitative estimate of drug-likeness (QED) is 0.492. The zero-order valence-electron chi connectivity index (χ0n) is 9.46. The van der Waals surface area contributed by atoms with E-state index >= 15 is 0 Å². The van der Waals surface area contributed by atoms with E-state index in [9.17, 15) is 4.79 Å². The van der Waals surface area contributed by atoms with Crippen molar-refractivity contribution in [3.8, 4) is 0 Å². The SMILES string of the molecule is CCCC/C=C/[C@@H]1CC[C@@H](C)C(=O)C1. The summed E-state index contributed by atoms with van der Waals surface area (Å²) < 4.78 is 0. The van der Waals surface area contributed by atoms with E-state index in [0.29, 0.717) is 17.6 Å². The van der Waals surface area contributed by atoms with Gasteiger partial charge in [0.25, 0.3) is 0 Å². The summed E-state index contributed by atoms with van der Waals surface area (Å²) in [6, 6.07) is 0. The summed E-state index contributed by atoms with van der Waals surface area (Å²) in [6.45, 7) is 4.26. The molecular formula is C13H22O. The first kappa shape index (κ1) is 11.5. The summed E-state index contributed by atoms with van der Waals surface area (Å²) in [5, 5.41) is 0. The van der Waals surface area contributed by atoms with Crippen molar-refractivity contribution in [3.05, 3.63) is 12.2 Å². The molecule has 1 rings (SSSR count). The first-order chi connectivity index (χ1) is 6.74. The monoisotopic (exact) mass is 194 g/mol. The smallest absolute Gasteiger partial charge is 0.136 e. The molecule has 14 heavy (non-hydrogen) atoms. The van der Waals surface area contributed by atoms with Crippen LogP contribution in [0.1, 0.15) is 52.4 Å². The maximum atomic E-state index is 11.5. The molecule has 1 saturated carbocycles. The van der Waals surface area contributed by atoms with Gasteiger partial charge in [-0.2, -0.15) is 0 Å². The molecule has 1 heteroatoms. The van der Waals surface area contributed by atoms with Crippen molar-refractivity contribution < 1.29 is 4.79 Å².